The van der Waals surface area contributed by atoms with E-state index in [2.05, 4.69) is 42.9 Å². The van der Waals surface area contributed by atoms with Crippen LogP contribution in [0.5, 0.6) is 0 Å². The second-order valence-corrected chi connectivity index (χ2v) is 5.73. The first-order valence-corrected chi connectivity index (χ1v) is 7.37. The summed E-state index contributed by atoms with van der Waals surface area (Å²) in [6.45, 7) is 0. The Kier molecular flexibility index (Phi) is 11.2. The molecule has 2 fully saturated rings. The molecule has 21 heavy (non-hydrogen) atoms. The van der Waals surface area contributed by atoms with E-state index in [9.17, 15) is 0 Å². The normalized spacial score (nSPS) is 33.5. The van der Waals surface area contributed by atoms with Crippen molar-refractivity contribution in [2.45, 2.75) is 32.1 Å². The Bertz CT molecular complexity index is 388. The van der Waals surface area contributed by atoms with E-state index in [-0.39, 0.29) is 50.7 Å². The first kappa shape index (κ1) is 21.4. The number of hydrogen-bond donors (Lipinski definition) is 0. The summed E-state index contributed by atoms with van der Waals surface area (Å²) in [5, 5.41) is 0. The monoisotopic (exact) mass is 488 g/mol. The van der Waals surface area contributed by atoms with E-state index in [0.29, 0.717) is 0 Å². The molecule has 0 spiro atoms. The average molecular weight is 488 g/mol. The third-order valence-electron chi connectivity index (χ3n) is 4.65. The van der Waals surface area contributed by atoms with Crippen molar-refractivity contribution in [3.05, 3.63) is 55.0 Å². The molecule has 4 unspecified atom stereocenters. The van der Waals surface area contributed by atoms with E-state index >= 15 is 0 Å². The van der Waals surface area contributed by atoms with Gasteiger partial charge in [-0.3, -0.25) is 6.08 Å². The van der Waals surface area contributed by atoms with Gasteiger partial charge in [-0.1, -0.05) is 49.8 Å². The van der Waals surface area contributed by atoms with Crippen molar-refractivity contribution < 1.29 is 50.7 Å². The molecule has 4 rings (SSSR count). The van der Waals surface area contributed by atoms with Gasteiger partial charge >= 0.3 is 25.8 Å². The van der Waals surface area contributed by atoms with Crippen LogP contribution in [0.15, 0.2) is 42.5 Å². The number of halogens is 2. The summed E-state index contributed by atoms with van der Waals surface area (Å²) < 4.78 is 0. The Morgan fingerprint density at radius 2 is 1.71 bits per heavy atom. The molecule has 0 aromatic rings. The molecule has 112 valence electrons. The molecular weight excluding hydrogens is 466 g/mol. The number of hydrogen-bond acceptors (Lipinski definition) is 0. The quantitative estimate of drug-likeness (QED) is 0.294. The maximum absolute atomic E-state index is 2.99. The van der Waals surface area contributed by atoms with Crippen LogP contribution in [0.25, 0.3) is 0 Å². The molecule has 0 nitrogen and oxygen atoms in total. The second-order valence-electron chi connectivity index (χ2n) is 5.73. The molecule has 4 atom stereocenters. The third-order valence-corrected chi connectivity index (χ3v) is 4.65. The van der Waals surface area contributed by atoms with E-state index in [0.717, 1.165) is 30.1 Å². The molecule has 0 radical (unpaired) electrons. The van der Waals surface area contributed by atoms with E-state index in [1.165, 1.54) is 25.7 Å². The molecule has 0 heterocycles. The summed E-state index contributed by atoms with van der Waals surface area (Å²) in [6, 6.07) is 0. The van der Waals surface area contributed by atoms with Gasteiger partial charge in [0.1, 0.15) is 0 Å². The van der Waals surface area contributed by atoms with Crippen molar-refractivity contribution in [1.29, 1.82) is 0 Å². The van der Waals surface area contributed by atoms with Crippen LogP contribution in [0.3, 0.4) is 0 Å². The van der Waals surface area contributed by atoms with E-state index in [1.54, 1.807) is 0 Å². The van der Waals surface area contributed by atoms with E-state index < -0.39 is 0 Å². The molecule has 3 heteroatoms. The van der Waals surface area contributed by atoms with Gasteiger partial charge in [-0.15, -0.1) is 18.4 Å². The van der Waals surface area contributed by atoms with Gasteiger partial charge in [0.25, 0.3) is 0 Å². The molecule has 2 saturated carbocycles. The fraction of sp³-hybridized carbons (Fsp3) is 0.500. The Morgan fingerprint density at radius 3 is 2.38 bits per heavy atom. The van der Waals surface area contributed by atoms with Gasteiger partial charge in [-0.25, -0.2) is 12.2 Å². The molecule has 0 aromatic heterocycles. The zero-order valence-electron chi connectivity index (χ0n) is 12.2. The van der Waals surface area contributed by atoms with Crippen molar-refractivity contribution in [1.82, 2.24) is 0 Å². The minimum Gasteiger partial charge on any atom is -1.00 e. The molecule has 0 aromatic carbocycles. The second kappa shape index (κ2) is 11.0. The smallest absolute Gasteiger partial charge is 1.00 e. The van der Waals surface area contributed by atoms with Crippen molar-refractivity contribution >= 4 is 0 Å². The molecular formula is C18H22Cl2Hf. The van der Waals surface area contributed by atoms with E-state index in [1.807, 2.05) is 12.2 Å². The van der Waals surface area contributed by atoms with Crippen molar-refractivity contribution in [3.63, 3.8) is 0 Å². The van der Waals surface area contributed by atoms with Gasteiger partial charge in [-0.2, -0.15) is 12.0 Å². The fourth-order valence-corrected chi connectivity index (χ4v) is 3.79. The fourth-order valence-electron chi connectivity index (χ4n) is 3.79. The predicted molar refractivity (Wildman–Crippen MR) is 76.6 cm³/mol. The minimum absolute atomic E-state index is 0. The first-order valence-electron chi connectivity index (χ1n) is 7.37. The first-order chi connectivity index (χ1) is 8.95. The third kappa shape index (κ3) is 5.52. The largest absolute Gasteiger partial charge is 4.00 e. The Hall–Kier alpha value is 0.410. The van der Waals surface area contributed by atoms with Crippen molar-refractivity contribution in [2.24, 2.45) is 23.7 Å². The summed E-state index contributed by atoms with van der Waals surface area (Å²) >= 11 is 0. The molecule has 0 N–H and O–H groups in total. The SMILES string of the molecule is C1=CC2[CH-]C3CCCCC3C2C=C1.[C-]1=CC=CC1.[Cl-].[Cl-].[Hf+4]. The molecule has 0 aliphatic heterocycles. The standard InChI is InChI=1S/C13H17.C5H5.2ClH.Hf/c1-3-7-12-10(5-1)9-11-6-2-4-8-13(11)12;1-2-4-5-3-1;;;/h1,3,5,7,9-13H,2,4,6,8H2;1-3H,4H2;2*1H;/q2*-1;;;+4/p-2. The minimum atomic E-state index is 0. The van der Waals surface area contributed by atoms with E-state index in [4.69, 9.17) is 0 Å². The predicted octanol–water partition coefficient (Wildman–Crippen LogP) is -1.32. The maximum atomic E-state index is 2.99. The van der Waals surface area contributed by atoms with Crippen LogP contribution >= 0.6 is 0 Å². The summed E-state index contributed by atoms with van der Waals surface area (Å²) in [7, 11) is 0. The number of fused-ring (bicyclic) bond motifs is 3. The molecule has 4 aliphatic rings. The Labute approximate surface area is 160 Å². The zero-order valence-corrected chi connectivity index (χ0v) is 17.3. The average Bonchev–Trinajstić information content (AvgIpc) is 3.10. The van der Waals surface area contributed by atoms with Gasteiger partial charge in [0.2, 0.25) is 0 Å². The number of rotatable bonds is 0. The molecule has 0 amide bonds. The van der Waals surface area contributed by atoms with Gasteiger partial charge in [0, 0.05) is 0 Å². The molecule has 0 saturated heterocycles. The van der Waals surface area contributed by atoms with Crippen LogP contribution in [0.1, 0.15) is 32.1 Å². The topological polar surface area (TPSA) is 0 Å². The van der Waals surface area contributed by atoms with Gasteiger partial charge in [-0.05, 0) is 5.92 Å². The molecule has 4 aliphatic carbocycles. The van der Waals surface area contributed by atoms with Crippen LogP contribution in [0.2, 0.25) is 0 Å². The van der Waals surface area contributed by atoms with Crippen LogP contribution in [-0.4, -0.2) is 0 Å². The summed E-state index contributed by atoms with van der Waals surface area (Å²) in [6.07, 6.45) is 27.8. The summed E-state index contributed by atoms with van der Waals surface area (Å²) in [4.78, 5) is 0. The van der Waals surface area contributed by atoms with Crippen LogP contribution in [-0.2, 0) is 25.8 Å². The van der Waals surface area contributed by atoms with Gasteiger partial charge in [0.05, 0.1) is 0 Å². The van der Waals surface area contributed by atoms with Crippen LogP contribution in [0.4, 0.5) is 0 Å². The van der Waals surface area contributed by atoms with Crippen LogP contribution < -0.4 is 24.8 Å². The zero-order chi connectivity index (χ0) is 12.2. The summed E-state index contributed by atoms with van der Waals surface area (Å²) in [5.74, 6) is 3.56. The van der Waals surface area contributed by atoms with Crippen LogP contribution in [0, 0.1) is 36.2 Å². The van der Waals surface area contributed by atoms with Crippen molar-refractivity contribution in [2.75, 3.05) is 0 Å². The molecule has 0 bridgehead atoms. The summed E-state index contributed by atoms with van der Waals surface area (Å²) in [5.41, 5.74) is 0. The Balaban J connectivity index is 0.000000437. The maximum Gasteiger partial charge on any atom is 4.00 e. The van der Waals surface area contributed by atoms with Gasteiger partial charge in [0.15, 0.2) is 0 Å². The Morgan fingerprint density at radius 1 is 0.952 bits per heavy atom. The number of allylic oxidation sites excluding steroid dienone is 8. The van der Waals surface area contributed by atoms with Crippen molar-refractivity contribution in [3.8, 4) is 0 Å². The van der Waals surface area contributed by atoms with Gasteiger partial charge < -0.3 is 31.2 Å².